The number of carbonyl (C=O) groups excluding carboxylic acids is 1. The van der Waals surface area contributed by atoms with Crippen molar-refractivity contribution in [2.24, 2.45) is 0 Å². The molecule has 1 atom stereocenters. The topological polar surface area (TPSA) is 61.4 Å². The summed E-state index contributed by atoms with van der Waals surface area (Å²) < 4.78 is 26.8. The maximum absolute atomic E-state index is 13.8. The third-order valence-corrected chi connectivity index (χ3v) is 4.63. The van der Waals surface area contributed by atoms with E-state index in [1.54, 1.807) is 0 Å². The highest BCUT2D eigenvalue weighted by molar-refractivity contribution is 5.86. The summed E-state index contributed by atoms with van der Waals surface area (Å²) in [6.07, 6.45) is 4.07. The molecule has 0 saturated heterocycles. The van der Waals surface area contributed by atoms with Crippen LogP contribution in [0.5, 0.6) is 0 Å². The maximum Gasteiger partial charge on any atom is 0.240 e. The molecule has 1 aromatic rings. The van der Waals surface area contributed by atoms with Gasteiger partial charge in [-0.15, -0.1) is 0 Å². The van der Waals surface area contributed by atoms with Gasteiger partial charge in [-0.05, 0) is 25.3 Å². The van der Waals surface area contributed by atoms with Gasteiger partial charge in [0.15, 0.2) is 0 Å². The van der Waals surface area contributed by atoms with E-state index in [0.29, 0.717) is 19.4 Å². The summed E-state index contributed by atoms with van der Waals surface area (Å²) in [6.45, 7) is 2.64. The molecule has 1 fully saturated rings. The summed E-state index contributed by atoms with van der Waals surface area (Å²) in [5.74, 6) is -1.52. The van der Waals surface area contributed by atoms with Gasteiger partial charge in [-0.1, -0.05) is 32.3 Å². The van der Waals surface area contributed by atoms with Crippen molar-refractivity contribution in [1.29, 1.82) is 0 Å². The number of rotatable bonds is 7. The van der Waals surface area contributed by atoms with Gasteiger partial charge >= 0.3 is 0 Å². The Kier molecular flexibility index (Phi) is 6.69. The zero-order chi connectivity index (χ0) is 17.6. The fourth-order valence-electron chi connectivity index (χ4n) is 3.22. The zero-order valence-corrected chi connectivity index (χ0v) is 14.1. The first-order valence-corrected chi connectivity index (χ1v) is 8.65. The second kappa shape index (κ2) is 8.53. The molecule has 1 aromatic carbocycles. The number of aliphatic hydroxyl groups excluding tert-OH is 1. The Hall–Kier alpha value is -1.53. The molecule has 1 aliphatic rings. The Labute approximate surface area is 141 Å². The molecule has 24 heavy (non-hydrogen) atoms. The van der Waals surface area contributed by atoms with Crippen LogP contribution in [-0.2, 0) is 4.79 Å². The first-order valence-electron chi connectivity index (χ1n) is 8.65. The number of β-amino-alcohol motifs (C(OH)–C–C–N with tert-alkyl or cyclic N) is 1. The monoisotopic (exact) mass is 340 g/mol. The normalized spacial score (nSPS) is 18.2. The zero-order valence-electron chi connectivity index (χ0n) is 14.1. The third-order valence-electron chi connectivity index (χ3n) is 4.63. The lowest BCUT2D eigenvalue weighted by Gasteiger charge is -2.37. The van der Waals surface area contributed by atoms with Crippen LogP contribution < -0.4 is 10.6 Å². The Balaban J connectivity index is 2.05. The van der Waals surface area contributed by atoms with Crippen LogP contribution in [0.15, 0.2) is 18.2 Å². The molecule has 0 aliphatic heterocycles. The lowest BCUT2D eigenvalue weighted by molar-refractivity contribution is -0.129. The molecule has 134 valence electrons. The average molecular weight is 340 g/mol. The largest absolute Gasteiger partial charge is 0.387 e. The number of hydrogen-bond donors (Lipinski definition) is 3. The van der Waals surface area contributed by atoms with Crippen LogP contribution in [0.25, 0.3) is 0 Å². The van der Waals surface area contributed by atoms with E-state index in [9.17, 15) is 18.7 Å². The minimum absolute atomic E-state index is 0.0313. The van der Waals surface area contributed by atoms with Gasteiger partial charge in [0.25, 0.3) is 0 Å². The van der Waals surface area contributed by atoms with Crippen LogP contribution in [0.2, 0.25) is 0 Å². The first-order chi connectivity index (χ1) is 11.5. The highest BCUT2D eigenvalue weighted by atomic mass is 19.1. The van der Waals surface area contributed by atoms with Gasteiger partial charge < -0.3 is 15.7 Å². The lowest BCUT2D eigenvalue weighted by Crippen LogP contribution is -2.58. The number of benzene rings is 1. The van der Waals surface area contributed by atoms with Gasteiger partial charge in [-0.3, -0.25) is 4.79 Å². The van der Waals surface area contributed by atoms with E-state index < -0.39 is 23.3 Å². The van der Waals surface area contributed by atoms with E-state index in [0.717, 1.165) is 37.8 Å². The van der Waals surface area contributed by atoms with Crippen molar-refractivity contribution in [2.45, 2.75) is 57.1 Å². The van der Waals surface area contributed by atoms with Gasteiger partial charge in [0.2, 0.25) is 5.91 Å². The summed E-state index contributed by atoms with van der Waals surface area (Å²) in [7, 11) is 0. The number of halogens is 2. The lowest BCUT2D eigenvalue weighted by atomic mass is 9.80. The molecule has 1 unspecified atom stereocenters. The third kappa shape index (κ3) is 4.51. The van der Waals surface area contributed by atoms with Crippen molar-refractivity contribution in [1.82, 2.24) is 10.6 Å². The summed E-state index contributed by atoms with van der Waals surface area (Å²) >= 11 is 0. The van der Waals surface area contributed by atoms with Gasteiger partial charge in [0, 0.05) is 24.7 Å². The summed E-state index contributed by atoms with van der Waals surface area (Å²) in [5, 5.41) is 16.3. The molecule has 4 nitrogen and oxygen atoms in total. The van der Waals surface area contributed by atoms with Crippen molar-refractivity contribution in [3.63, 3.8) is 0 Å². The van der Waals surface area contributed by atoms with Crippen LogP contribution >= 0.6 is 0 Å². The van der Waals surface area contributed by atoms with Gasteiger partial charge in [-0.25, -0.2) is 8.78 Å². The van der Waals surface area contributed by atoms with Crippen molar-refractivity contribution >= 4 is 5.91 Å². The van der Waals surface area contributed by atoms with E-state index in [4.69, 9.17) is 0 Å². The molecule has 0 spiro atoms. The molecule has 0 radical (unpaired) electrons. The number of carbonyl (C=O) groups is 1. The Bertz CT molecular complexity index is 560. The number of nitrogens with one attached hydrogen (secondary N) is 2. The molecule has 1 aliphatic carbocycles. The molecule has 0 bridgehead atoms. The van der Waals surface area contributed by atoms with Gasteiger partial charge in [0.05, 0.1) is 11.6 Å². The Morgan fingerprint density at radius 1 is 1.29 bits per heavy atom. The van der Waals surface area contributed by atoms with Crippen LogP contribution in [0.3, 0.4) is 0 Å². The van der Waals surface area contributed by atoms with E-state index in [2.05, 4.69) is 10.6 Å². The Morgan fingerprint density at radius 2 is 2.00 bits per heavy atom. The Morgan fingerprint density at radius 3 is 2.62 bits per heavy atom. The predicted octanol–water partition coefficient (Wildman–Crippen LogP) is 2.82. The summed E-state index contributed by atoms with van der Waals surface area (Å²) in [5.41, 5.74) is -0.686. The van der Waals surface area contributed by atoms with Gasteiger partial charge in [0.1, 0.15) is 11.6 Å². The van der Waals surface area contributed by atoms with Crippen LogP contribution in [0, 0.1) is 11.6 Å². The second-order valence-corrected chi connectivity index (χ2v) is 6.46. The summed E-state index contributed by atoms with van der Waals surface area (Å²) in [4.78, 5) is 12.6. The molecule has 6 heteroatoms. The SMILES string of the molecule is CCCNC(=O)C1(NCC(O)c2ccc(F)cc2F)CCCCC1. The summed E-state index contributed by atoms with van der Waals surface area (Å²) in [6, 6.07) is 3.11. The van der Waals surface area contributed by atoms with E-state index >= 15 is 0 Å². The van der Waals surface area contributed by atoms with Crippen LogP contribution in [0.1, 0.15) is 57.1 Å². The molecule has 2 rings (SSSR count). The van der Waals surface area contributed by atoms with Crippen LogP contribution in [0.4, 0.5) is 8.78 Å². The standard InChI is InChI=1S/C18H26F2N2O2/c1-2-10-21-17(24)18(8-4-3-5-9-18)22-12-16(23)14-7-6-13(19)11-15(14)20/h6-7,11,16,22-23H,2-5,8-10,12H2,1H3,(H,21,24). The molecule has 0 heterocycles. The predicted molar refractivity (Wildman–Crippen MR) is 88.4 cm³/mol. The molecule has 1 amide bonds. The molecule has 0 aromatic heterocycles. The maximum atomic E-state index is 13.8. The van der Waals surface area contributed by atoms with E-state index in [1.165, 1.54) is 6.07 Å². The van der Waals surface area contributed by atoms with E-state index in [1.807, 2.05) is 6.92 Å². The smallest absolute Gasteiger partial charge is 0.240 e. The molecule has 3 N–H and O–H groups in total. The quantitative estimate of drug-likeness (QED) is 0.715. The van der Waals surface area contributed by atoms with Crippen molar-refractivity contribution in [3.8, 4) is 0 Å². The fraction of sp³-hybridized carbons (Fsp3) is 0.611. The molecular formula is C18H26F2N2O2. The van der Waals surface area contributed by atoms with Crippen molar-refractivity contribution < 1.29 is 18.7 Å². The fourth-order valence-corrected chi connectivity index (χ4v) is 3.22. The van der Waals surface area contributed by atoms with Crippen molar-refractivity contribution in [3.05, 3.63) is 35.4 Å². The number of amides is 1. The van der Waals surface area contributed by atoms with E-state index in [-0.39, 0.29) is 18.0 Å². The number of hydrogen-bond acceptors (Lipinski definition) is 3. The minimum atomic E-state index is -1.14. The molecular weight excluding hydrogens is 314 g/mol. The highest BCUT2D eigenvalue weighted by Gasteiger charge is 2.39. The second-order valence-electron chi connectivity index (χ2n) is 6.46. The highest BCUT2D eigenvalue weighted by Crippen LogP contribution is 2.29. The first kappa shape index (κ1) is 18.8. The minimum Gasteiger partial charge on any atom is -0.387 e. The van der Waals surface area contributed by atoms with Crippen LogP contribution in [-0.4, -0.2) is 29.6 Å². The molecule has 1 saturated carbocycles. The number of aliphatic hydroxyl groups is 1. The van der Waals surface area contributed by atoms with Gasteiger partial charge in [-0.2, -0.15) is 0 Å². The average Bonchev–Trinajstić information content (AvgIpc) is 2.58. The van der Waals surface area contributed by atoms with Crippen molar-refractivity contribution in [2.75, 3.05) is 13.1 Å².